The van der Waals surface area contributed by atoms with E-state index in [0.29, 0.717) is 23.9 Å². The summed E-state index contributed by atoms with van der Waals surface area (Å²) >= 11 is 0. The molecule has 27 heavy (non-hydrogen) atoms. The normalized spacial score (nSPS) is 22.8. The molecule has 2 fully saturated rings. The minimum Gasteiger partial charge on any atom is -0.343 e. The fraction of sp³-hybridized carbons (Fsp3) is 0.667. The van der Waals surface area contributed by atoms with E-state index < -0.39 is 11.7 Å². The summed E-state index contributed by atoms with van der Waals surface area (Å²) in [4.78, 5) is 15.9. The fourth-order valence-corrected chi connectivity index (χ4v) is 4.58. The van der Waals surface area contributed by atoms with Crippen molar-refractivity contribution in [1.29, 1.82) is 0 Å². The Bertz CT molecular complexity index is 639. The third kappa shape index (κ3) is 5.24. The molecule has 2 heterocycles. The highest BCUT2D eigenvalue weighted by Gasteiger charge is 2.33. The second-order valence-corrected chi connectivity index (χ2v) is 7.93. The van der Waals surface area contributed by atoms with E-state index in [0.717, 1.165) is 58.3 Å². The van der Waals surface area contributed by atoms with Crippen LogP contribution in [0, 0.1) is 5.92 Å². The van der Waals surface area contributed by atoms with Crippen molar-refractivity contribution < 1.29 is 18.0 Å². The first kappa shape index (κ1) is 20.2. The summed E-state index contributed by atoms with van der Waals surface area (Å²) < 4.78 is 39.5. The Morgan fingerprint density at radius 3 is 2.48 bits per heavy atom. The standard InChI is InChI=1S/C21H29F3N2O/c1-16(27)25-13-10-19(11-14-25)26-12-4-5-17(15-26)8-9-18-6-2-3-7-20(18)21(22,23)24/h2-3,6-7,17,19H,4-5,8-15H2,1H3/t17-/m1/s1. The zero-order valence-electron chi connectivity index (χ0n) is 16.0. The first-order valence-corrected chi connectivity index (χ1v) is 9.99. The summed E-state index contributed by atoms with van der Waals surface area (Å²) in [5.41, 5.74) is -0.0776. The van der Waals surface area contributed by atoms with Gasteiger partial charge >= 0.3 is 6.18 Å². The number of rotatable bonds is 4. The van der Waals surface area contributed by atoms with Crippen LogP contribution in [-0.4, -0.2) is 47.9 Å². The molecule has 3 nitrogen and oxygen atoms in total. The van der Waals surface area contributed by atoms with Crippen molar-refractivity contribution in [2.45, 2.75) is 57.7 Å². The van der Waals surface area contributed by atoms with Gasteiger partial charge < -0.3 is 4.90 Å². The van der Waals surface area contributed by atoms with Crippen LogP contribution in [0.5, 0.6) is 0 Å². The van der Waals surface area contributed by atoms with Crippen molar-refractivity contribution in [1.82, 2.24) is 9.80 Å². The van der Waals surface area contributed by atoms with Crippen molar-refractivity contribution >= 4 is 5.91 Å². The van der Waals surface area contributed by atoms with Gasteiger partial charge in [-0.25, -0.2) is 0 Å². The Morgan fingerprint density at radius 2 is 1.81 bits per heavy atom. The maximum atomic E-state index is 13.2. The van der Waals surface area contributed by atoms with Crippen molar-refractivity contribution in [3.05, 3.63) is 35.4 Å². The van der Waals surface area contributed by atoms with Crippen LogP contribution in [0.3, 0.4) is 0 Å². The molecule has 2 aliphatic heterocycles. The van der Waals surface area contributed by atoms with E-state index in [2.05, 4.69) is 4.90 Å². The van der Waals surface area contributed by atoms with Gasteiger partial charge in [-0.3, -0.25) is 9.69 Å². The summed E-state index contributed by atoms with van der Waals surface area (Å²) in [5, 5.41) is 0. The molecule has 0 saturated carbocycles. The van der Waals surface area contributed by atoms with E-state index in [1.807, 2.05) is 4.90 Å². The van der Waals surface area contributed by atoms with E-state index in [9.17, 15) is 18.0 Å². The summed E-state index contributed by atoms with van der Waals surface area (Å²) in [7, 11) is 0. The highest BCUT2D eigenvalue weighted by Crippen LogP contribution is 2.33. The topological polar surface area (TPSA) is 23.6 Å². The van der Waals surface area contributed by atoms with Gasteiger partial charge in [-0.05, 0) is 62.6 Å². The molecular weight excluding hydrogens is 353 g/mol. The number of amides is 1. The predicted octanol–water partition coefficient (Wildman–Crippen LogP) is 4.36. The van der Waals surface area contributed by atoms with Crippen LogP contribution in [0.4, 0.5) is 13.2 Å². The lowest BCUT2D eigenvalue weighted by Crippen LogP contribution is -2.49. The molecule has 0 radical (unpaired) electrons. The van der Waals surface area contributed by atoms with E-state index in [4.69, 9.17) is 0 Å². The Hall–Kier alpha value is -1.56. The summed E-state index contributed by atoms with van der Waals surface area (Å²) in [6.45, 7) is 5.30. The monoisotopic (exact) mass is 382 g/mol. The molecule has 0 bridgehead atoms. The minimum absolute atomic E-state index is 0.147. The smallest absolute Gasteiger partial charge is 0.343 e. The first-order chi connectivity index (χ1) is 12.8. The SMILES string of the molecule is CC(=O)N1CCC(N2CCC[C@H](CCc3ccccc3C(F)(F)F)C2)CC1. The Kier molecular flexibility index (Phi) is 6.45. The number of hydrogen-bond acceptors (Lipinski definition) is 2. The molecule has 3 rings (SSSR count). The van der Waals surface area contributed by atoms with Gasteiger partial charge in [0, 0.05) is 32.6 Å². The van der Waals surface area contributed by atoms with Gasteiger partial charge in [0.2, 0.25) is 5.91 Å². The van der Waals surface area contributed by atoms with E-state index in [-0.39, 0.29) is 5.91 Å². The van der Waals surface area contributed by atoms with Gasteiger partial charge in [0.25, 0.3) is 0 Å². The molecule has 1 aromatic rings. The molecule has 150 valence electrons. The predicted molar refractivity (Wildman–Crippen MR) is 99.3 cm³/mol. The number of likely N-dealkylation sites (tertiary alicyclic amines) is 2. The number of benzene rings is 1. The van der Waals surface area contributed by atoms with Crippen molar-refractivity contribution in [2.75, 3.05) is 26.2 Å². The molecule has 1 atom stereocenters. The molecule has 0 aliphatic carbocycles. The lowest BCUT2D eigenvalue weighted by atomic mass is 9.88. The average molecular weight is 382 g/mol. The molecule has 0 spiro atoms. The molecule has 2 saturated heterocycles. The molecule has 0 N–H and O–H groups in total. The Labute approximate surface area is 159 Å². The lowest BCUT2D eigenvalue weighted by Gasteiger charge is -2.42. The third-order valence-corrected chi connectivity index (χ3v) is 6.12. The molecular formula is C21H29F3N2O. The molecule has 2 aliphatic rings. The van der Waals surface area contributed by atoms with Crippen molar-refractivity contribution in [3.63, 3.8) is 0 Å². The van der Waals surface area contributed by atoms with Gasteiger partial charge in [-0.1, -0.05) is 18.2 Å². The van der Waals surface area contributed by atoms with Crippen LogP contribution in [0.25, 0.3) is 0 Å². The zero-order valence-corrected chi connectivity index (χ0v) is 16.0. The number of nitrogens with zero attached hydrogens (tertiary/aromatic N) is 2. The maximum absolute atomic E-state index is 13.2. The van der Waals surface area contributed by atoms with Crippen LogP contribution < -0.4 is 0 Å². The van der Waals surface area contributed by atoms with Crippen LogP contribution in [-0.2, 0) is 17.4 Å². The summed E-state index contributed by atoms with van der Waals surface area (Å²) in [6.07, 6.45) is 1.22. The fourth-order valence-electron chi connectivity index (χ4n) is 4.58. The van der Waals surface area contributed by atoms with Crippen LogP contribution >= 0.6 is 0 Å². The van der Waals surface area contributed by atoms with Crippen LogP contribution in [0.2, 0.25) is 0 Å². The van der Waals surface area contributed by atoms with Crippen LogP contribution in [0.1, 0.15) is 50.2 Å². The number of piperidine rings is 2. The molecule has 6 heteroatoms. The molecule has 0 unspecified atom stereocenters. The Balaban J connectivity index is 1.53. The van der Waals surface area contributed by atoms with E-state index in [1.54, 1.807) is 19.1 Å². The number of alkyl halides is 3. The number of aryl methyl sites for hydroxylation is 1. The second-order valence-electron chi connectivity index (χ2n) is 7.93. The molecule has 1 amide bonds. The minimum atomic E-state index is -4.28. The number of halogens is 3. The first-order valence-electron chi connectivity index (χ1n) is 9.99. The van der Waals surface area contributed by atoms with E-state index in [1.165, 1.54) is 12.1 Å². The molecule has 1 aromatic carbocycles. The number of hydrogen-bond donors (Lipinski definition) is 0. The van der Waals surface area contributed by atoms with Gasteiger partial charge in [0.1, 0.15) is 0 Å². The third-order valence-electron chi connectivity index (χ3n) is 6.12. The average Bonchev–Trinajstić information content (AvgIpc) is 2.66. The molecule has 0 aromatic heterocycles. The lowest BCUT2D eigenvalue weighted by molar-refractivity contribution is -0.138. The van der Waals surface area contributed by atoms with Crippen molar-refractivity contribution in [2.24, 2.45) is 5.92 Å². The van der Waals surface area contributed by atoms with Gasteiger partial charge in [0.05, 0.1) is 5.56 Å². The highest BCUT2D eigenvalue weighted by molar-refractivity contribution is 5.73. The van der Waals surface area contributed by atoms with Gasteiger partial charge in [-0.15, -0.1) is 0 Å². The van der Waals surface area contributed by atoms with Gasteiger partial charge in [0.15, 0.2) is 0 Å². The zero-order chi connectivity index (χ0) is 19.4. The Morgan fingerprint density at radius 1 is 1.11 bits per heavy atom. The van der Waals surface area contributed by atoms with Crippen molar-refractivity contribution in [3.8, 4) is 0 Å². The maximum Gasteiger partial charge on any atom is 0.416 e. The summed E-state index contributed by atoms with van der Waals surface area (Å²) in [5.74, 6) is 0.596. The number of carbonyl (C=O) groups excluding carboxylic acids is 1. The number of carbonyl (C=O) groups is 1. The quantitative estimate of drug-likeness (QED) is 0.772. The van der Waals surface area contributed by atoms with Crippen LogP contribution in [0.15, 0.2) is 24.3 Å². The second kappa shape index (κ2) is 8.63. The van der Waals surface area contributed by atoms with Gasteiger partial charge in [-0.2, -0.15) is 13.2 Å². The van der Waals surface area contributed by atoms with E-state index >= 15 is 0 Å². The largest absolute Gasteiger partial charge is 0.416 e. The highest BCUT2D eigenvalue weighted by atomic mass is 19.4. The summed E-state index contributed by atoms with van der Waals surface area (Å²) in [6, 6.07) is 6.46.